The molecule has 132 valence electrons. The fourth-order valence-electron chi connectivity index (χ4n) is 2.59. The molecule has 2 aromatic carbocycles. The number of fused-ring (bicyclic) bond motifs is 1. The van der Waals surface area contributed by atoms with E-state index in [1.54, 1.807) is 6.07 Å². The van der Waals surface area contributed by atoms with Crippen LogP contribution in [0.25, 0.3) is 11.0 Å². The molecular weight excluding hydrogens is 432 g/mol. The predicted molar refractivity (Wildman–Crippen MR) is 110 cm³/mol. The van der Waals surface area contributed by atoms with E-state index in [0.29, 0.717) is 30.4 Å². The highest BCUT2D eigenvalue weighted by molar-refractivity contribution is 14.0. The van der Waals surface area contributed by atoms with Gasteiger partial charge in [-0.3, -0.25) is 0 Å². The van der Waals surface area contributed by atoms with E-state index < -0.39 is 0 Å². The van der Waals surface area contributed by atoms with Crippen molar-refractivity contribution in [3.05, 3.63) is 71.2 Å². The minimum Gasteiger partial charge on any atom is -0.459 e. The highest BCUT2D eigenvalue weighted by Gasteiger charge is 2.10. The maximum absolute atomic E-state index is 13.3. The Labute approximate surface area is 163 Å². The van der Waals surface area contributed by atoms with Gasteiger partial charge in [0.05, 0.1) is 0 Å². The first kappa shape index (κ1) is 19.2. The lowest BCUT2D eigenvalue weighted by molar-refractivity contribution is 0.547. The average Bonchev–Trinajstić information content (AvgIpc) is 2.90. The van der Waals surface area contributed by atoms with Gasteiger partial charge in [-0.15, -0.1) is 24.0 Å². The van der Waals surface area contributed by atoms with Crippen LogP contribution in [-0.4, -0.2) is 12.5 Å². The van der Waals surface area contributed by atoms with Gasteiger partial charge in [-0.2, -0.15) is 0 Å². The summed E-state index contributed by atoms with van der Waals surface area (Å²) in [5.41, 5.74) is 8.69. The van der Waals surface area contributed by atoms with Gasteiger partial charge < -0.3 is 15.5 Å². The fraction of sp³-hybridized carbons (Fsp3) is 0.211. The summed E-state index contributed by atoms with van der Waals surface area (Å²) in [4.78, 5) is 4.30. The van der Waals surface area contributed by atoms with Gasteiger partial charge in [0.15, 0.2) is 5.96 Å². The van der Waals surface area contributed by atoms with Gasteiger partial charge in [0, 0.05) is 17.5 Å². The molecular formula is C19H21FIN3O. The minimum absolute atomic E-state index is 0. The zero-order valence-corrected chi connectivity index (χ0v) is 16.3. The van der Waals surface area contributed by atoms with Crippen LogP contribution in [-0.2, 0) is 13.0 Å². The molecule has 0 atom stereocenters. The van der Waals surface area contributed by atoms with E-state index in [1.807, 2.05) is 25.1 Å². The van der Waals surface area contributed by atoms with Crippen LogP contribution in [0.2, 0.25) is 0 Å². The third-order valence-corrected chi connectivity index (χ3v) is 3.95. The summed E-state index contributed by atoms with van der Waals surface area (Å²) in [6.07, 6.45) is 0.875. The standard InChI is InChI=1S/C19H20FN3O.HI/c1-13-16-11-15(20)7-8-17(16)24-18(13)12-23-19(21)22-10-9-14-5-3-2-4-6-14;/h2-8,11H,9-10,12H2,1H3,(H3,21,22,23);1H. The summed E-state index contributed by atoms with van der Waals surface area (Å²) in [6.45, 7) is 2.94. The summed E-state index contributed by atoms with van der Waals surface area (Å²) in [5.74, 6) is 0.795. The van der Waals surface area contributed by atoms with Crippen LogP contribution in [0.15, 0.2) is 57.9 Å². The first-order chi connectivity index (χ1) is 11.6. The Balaban J connectivity index is 0.00000225. The largest absolute Gasteiger partial charge is 0.459 e. The Hall–Kier alpha value is -2.09. The van der Waals surface area contributed by atoms with Crippen molar-refractivity contribution in [3.8, 4) is 0 Å². The molecule has 3 aromatic rings. The quantitative estimate of drug-likeness (QED) is 0.347. The number of nitrogens with zero attached hydrogens (tertiary/aromatic N) is 1. The maximum atomic E-state index is 13.3. The molecule has 0 bridgehead atoms. The van der Waals surface area contributed by atoms with E-state index >= 15 is 0 Å². The van der Waals surface area contributed by atoms with Crippen molar-refractivity contribution in [2.75, 3.05) is 6.54 Å². The van der Waals surface area contributed by atoms with Crippen LogP contribution in [0, 0.1) is 12.7 Å². The molecule has 3 N–H and O–H groups in total. The molecule has 1 heterocycles. The molecule has 0 saturated heterocycles. The topological polar surface area (TPSA) is 63.5 Å². The number of nitrogens with two attached hydrogens (primary N) is 1. The zero-order valence-electron chi connectivity index (χ0n) is 14.0. The van der Waals surface area contributed by atoms with Gasteiger partial charge in [-0.25, -0.2) is 9.38 Å². The first-order valence-corrected chi connectivity index (χ1v) is 7.89. The third-order valence-electron chi connectivity index (χ3n) is 3.95. The monoisotopic (exact) mass is 453 g/mol. The third kappa shape index (κ3) is 4.94. The van der Waals surface area contributed by atoms with Crippen molar-refractivity contribution in [2.45, 2.75) is 19.9 Å². The zero-order chi connectivity index (χ0) is 16.9. The molecule has 0 aliphatic carbocycles. The van der Waals surface area contributed by atoms with Crippen molar-refractivity contribution in [1.29, 1.82) is 0 Å². The van der Waals surface area contributed by atoms with Gasteiger partial charge in [-0.05, 0) is 37.1 Å². The number of hydrogen-bond donors (Lipinski definition) is 2. The number of nitrogens with one attached hydrogen (secondary N) is 1. The Bertz CT molecular complexity index is 862. The maximum Gasteiger partial charge on any atom is 0.189 e. The molecule has 3 rings (SSSR count). The fourth-order valence-corrected chi connectivity index (χ4v) is 2.59. The lowest BCUT2D eigenvalue weighted by atomic mass is 10.1. The smallest absolute Gasteiger partial charge is 0.189 e. The molecule has 0 aliphatic rings. The molecule has 0 amide bonds. The summed E-state index contributed by atoms with van der Waals surface area (Å²) in [6, 6.07) is 14.7. The Morgan fingerprint density at radius 1 is 1.20 bits per heavy atom. The number of benzene rings is 2. The van der Waals surface area contributed by atoms with Crippen molar-refractivity contribution < 1.29 is 8.81 Å². The van der Waals surface area contributed by atoms with E-state index in [-0.39, 0.29) is 29.8 Å². The van der Waals surface area contributed by atoms with E-state index in [0.717, 1.165) is 17.4 Å². The summed E-state index contributed by atoms with van der Waals surface area (Å²) >= 11 is 0. The van der Waals surface area contributed by atoms with Gasteiger partial charge in [0.2, 0.25) is 0 Å². The second-order valence-corrected chi connectivity index (χ2v) is 5.65. The highest BCUT2D eigenvalue weighted by Crippen LogP contribution is 2.26. The normalized spacial score (nSPS) is 11.4. The number of rotatable bonds is 5. The summed E-state index contributed by atoms with van der Waals surface area (Å²) in [5, 5.41) is 3.86. The Kier molecular flexibility index (Phi) is 6.81. The number of hydrogen-bond acceptors (Lipinski definition) is 2. The van der Waals surface area contributed by atoms with Crippen molar-refractivity contribution in [1.82, 2.24) is 5.32 Å². The van der Waals surface area contributed by atoms with E-state index in [1.165, 1.54) is 17.7 Å². The molecule has 4 nitrogen and oxygen atoms in total. The Morgan fingerprint density at radius 2 is 1.96 bits per heavy atom. The predicted octanol–water partition coefficient (Wildman–Crippen LogP) is 4.15. The molecule has 6 heteroatoms. The number of furan rings is 1. The van der Waals surface area contributed by atoms with Gasteiger partial charge >= 0.3 is 0 Å². The second-order valence-electron chi connectivity index (χ2n) is 5.65. The average molecular weight is 453 g/mol. The second kappa shape index (κ2) is 8.84. The lowest BCUT2D eigenvalue weighted by Gasteiger charge is -2.05. The lowest BCUT2D eigenvalue weighted by Crippen LogP contribution is -2.33. The number of guanidine groups is 1. The SMILES string of the molecule is Cc1c(CN=C(N)NCCc2ccccc2)oc2ccc(F)cc12.I. The van der Waals surface area contributed by atoms with Crippen molar-refractivity contribution in [2.24, 2.45) is 10.7 Å². The molecule has 0 aliphatic heterocycles. The van der Waals surface area contributed by atoms with Crippen molar-refractivity contribution >= 4 is 40.9 Å². The van der Waals surface area contributed by atoms with Crippen LogP contribution < -0.4 is 11.1 Å². The van der Waals surface area contributed by atoms with E-state index in [4.69, 9.17) is 10.2 Å². The van der Waals surface area contributed by atoms with E-state index in [9.17, 15) is 4.39 Å². The molecule has 0 fully saturated rings. The van der Waals surface area contributed by atoms with Gasteiger partial charge in [0.1, 0.15) is 23.7 Å². The first-order valence-electron chi connectivity index (χ1n) is 7.89. The Morgan fingerprint density at radius 3 is 2.72 bits per heavy atom. The van der Waals surface area contributed by atoms with Crippen LogP contribution in [0.4, 0.5) is 4.39 Å². The summed E-state index contributed by atoms with van der Waals surface area (Å²) in [7, 11) is 0. The molecule has 0 spiro atoms. The molecule has 1 aromatic heterocycles. The van der Waals surface area contributed by atoms with Crippen LogP contribution in [0.1, 0.15) is 16.9 Å². The van der Waals surface area contributed by atoms with E-state index in [2.05, 4.69) is 22.4 Å². The number of halogens is 2. The molecule has 25 heavy (non-hydrogen) atoms. The van der Waals surface area contributed by atoms with Crippen molar-refractivity contribution in [3.63, 3.8) is 0 Å². The summed E-state index contributed by atoms with van der Waals surface area (Å²) < 4.78 is 19.0. The molecule has 0 radical (unpaired) electrons. The van der Waals surface area contributed by atoms with Gasteiger partial charge in [0.25, 0.3) is 0 Å². The number of aliphatic imine (C=N–C) groups is 1. The molecule has 0 saturated carbocycles. The van der Waals surface area contributed by atoms with Crippen LogP contribution in [0.5, 0.6) is 0 Å². The molecule has 0 unspecified atom stereocenters. The van der Waals surface area contributed by atoms with Crippen LogP contribution in [0.3, 0.4) is 0 Å². The highest BCUT2D eigenvalue weighted by atomic mass is 127. The number of aryl methyl sites for hydroxylation is 1. The van der Waals surface area contributed by atoms with Crippen LogP contribution >= 0.6 is 24.0 Å². The van der Waals surface area contributed by atoms with Gasteiger partial charge in [-0.1, -0.05) is 30.3 Å². The minimum atomic E-state index is -0.274.